The molecular weight excluding hydrogens is 378 g/mol. The Morgan fingerprint density at radius 2 is 1.87 bits per heavy atom. The molecule has 7 nitrogen and oxygen atoms in total. The van der Waals surface area contributed by atoms with Crippen molar-refractivity contribution in [2.45, 2.75) is 26.7 Å². The van der Waals surface area contributed by atoms with Gasteiger partial charge in [0, 0.05) is 30.9 Å². The SMILES string of the molecule is Cc1ccc(NC(=O)C2CCN(C(=O)c3cc(-c4ccccn4)n[nH]3)CC2)c(C)c1. The molecule has 0 saturated carbocycles. The van der Waals surface area contributed by atoms with Crippen molar-refractivity contribution < 1.29 is 9.59 Å². The average molecular weight is 403 g/mol. The van der Waals surface area contributed by atoms with Crippen molar-refractivity contribution in [2.24, 2.45) is 5.92 Å². The summed E-state index contributed by atoms with van der Waals surface area (Å²) in [4.78, 5) is 31.5. The second-order valence-corrected chi connectivity index (χ2v) is 7.76. The first-order valence-electron chi connectivity index (χ1n) is 10.2. The smallest absolute Gasteiger partial charge is 0.271 e. The zero-order valence-electron chi connectivity index (χ0n) is 17.2. The summed E-state index contributed by atoms with van der Waals surface area (Å²) < 4.78 is 0. The molecule has 1 saturated heterocycles. The molecule has 154 valence electrons. The molecule has 3 heterocycles. The van der Waals surface area contributed by atoms with Gasteiger partial charge in [-0.2, -0.15) is 5.10 Å². The molecule has 1 aromatic carbocycles. The first-order valence-corrected chi connectivity index (χ1v) is 10.2. The van der Waals surface area contributed by atoms with E-state index in [2.05, 4.69) is 26.6 Å². The number of rotatable bonds is 4. The van der Waals surface area contributed by atoms with Crippen LogP contribution in [0.5, 0.6) is 0 Å². The Balaban J connectivity index is 1.34. The first-order chi connectivity index (χ1) is 14.5. The number of pyridine rings is 1. The molecule has 0 atom stereocenters. The quantitative estimate of drug-likeness (QED) is 0.697. The number of benzene rings is 1. The number of H-pyrrole nitrogens is 1. The van der Waals surface area contributed by atoms with Gasteiger partial charge in [0.25, 0.3) is 5.91 Å². The highest BCUT2D eigenvalue weighted by Crippen LogP contribution is 2.23. The molecule has 1 aliphatic rings. The molecule has 0 radical (unpaired) electrons. The van der Waals surface area contributed by atoms with Gasteiger partial charge in [0.15, 0.2) is 0 Å². The summed E-state index contributed by atoms with van der Waals surface area (Å²) >= 11 is 0. The number of nitrogens with zero attached hydrogens (tertiary/aromatic N) is 3. The number of hydrogen-bond donors (Lipinski definition) is 2. The van der Waals surface area contributed by atoms with Crippen LogP contribution in [-0.4, -0.2) is 45.0 Å². The van der Waals surface area contributed by atoms with Crippen LogP contribution in [0.25, 0.3) is 11.4 Å². The lowest BCUT2D eigenvalue weighted by Gasteiger charge is -2.31. The first kappa shape index (κ1) is 19.8. The number of carbonyl (C=O) groups is 2. The third-order valence-electron chi connectivity index (χ3n) is 5.53. The van der Waals surface area contributed by atoms with Gasteiger partial charge in [0.05, 0.1) is 5.69 Å². The van der Waals surface area contributed by atoms with Crippen molar-refractivity contribution in [3.8, 4) is 11.4 Å². The number of likely N-dealkylation sites (tertiary alicyclic amines) is 1. The van der Waals surface area contributed by atoms with Gasteiger partial charge in [-0.05, 0) is 56.5 Å². The maximum atomic E-state index is 12.8. The van der Waals surface area contributed by atoms with Crippen molar-refractivity contribution in [1.82, 2.24) is 20.1 Å². The van der Waals surface area contributed by atoms with Crippen molar-refractivity contribution in [1.29, 1.82) is 0 Å². The number of piperidine rings is 1. The van der Waals surface area contributed by atoms with Crippen molar-refractivity contribution >= 4 is 17.5 Å². The number of amides is 2. The lowest BCUT2D eigenvalue weighted by molar-refractivity contribution is -0.121. The minimum atomic E-state index is -0.0991. The zero-order chi connectivity index (χ0) is 21.1. The Bertz CT molecular complexity index is 1050. The van der Waals surface area contributed by atoms with E-state index in [-0.39, 0.29) is 17.7 Å². The highest BCUT2D eigenvalue weighted by molar-refractivity contribution is 5.95. The third kappa shape index (κ3) is 4.25. The Morgan fingerprint density at radius 3 is 2.57 bits per heavy atom. The minimum Gasteiger partial charge on any atom is -0.337 e. The summed E-state index contributed by atoms with van der Waals surface area (Å²) in [6, 6.07) is 13.3. The molecule has 3 aromatic rings. The van der Waals surface area contributed by atoms with Gasteiger partial charge in [-0.3, -0.25) is 19.7 Å². The zero-order valence-corrected chi connectivity index (χ0v) is 17.2. The van der Waals surface area contributed by atoms with E-state index in [1.807, 2.05) is 44.2 Å². The molecule has 0 aliphatic carbocycles. The molecule has 0 spiro atoms. The molecule has 2 N–H and O–H groups in total. The van der Waals surface area contributed by atoms with Gasteiger partial charge >= 0.3 is 0 Å². The van der Waals surface area contributed by atoms with E-state index >= 15 is 0 Å². The van der Waals surface area contributed by atoms with Crippen molar-refractivity contribution in [3.63, 3.8) is 0 Å². The van der Waals surface area contributed by atoms with Gasteiger partial charge < -0.3 is 10.2 Å². The molecule has 1 aliphatic heterocycles. The number of aryl methyl sites for hydroxylation is 2. The van der Waals surface area contributed by atoms with Crippen molar-refractivity contribution in [3.05, 3.63) is 65.5 Å². The van der Waals surface area contributed by atoms with Gasteiger partial charge in [-0.15, -0.1) is 0 Å². The van der Waals surface area contributed by atoms with Crippen LogP contribution in [-0.2, 0) is 4.79 Å². The predicted octanol–water partition coefficient (Wildman–Crippen LogP) is 3.58. The Kier molecular flexibility index (Phi) is 5.61. The Morgan fingerprint density at radius 1 is 1.07 bits per heavy atom. The number of aromatic nitrogens is 3. The average Bonchev–Trinajstić information content (AvgIpc) is 3.26. The van der Waals surface area contributed by atoms with Crippen LogP contribution < -0.4 is 5.32 Å². The topological polar surface area (TPSA) is 91.0 Å². The normalized spacial score (nSPS) is 14.5. The van der Waals surface area contributed by atoms with Crippen LogP contribution in [0.2, 0.25) is 0 Å². The monoisotopic (exact) mass is 403 g/mol. The fourth-order valence-corrected chi connectivity index (χ4v) is 3.78. The van der Waals surface area contributed by atoms with E-state index in [4.69, 9.17) is 0 Å². The third-order valence-corrected chi connectivity index (χ3v) is 5.53. The minimum absolute atomic E-state index is 0.0213. The van der Waals surface area contributed by atoms with Crippen LogP contribution in [0.1, 0.15) is 34.5 Å². The van der Waals surface area contributed by atoms with Crippen molar-refractivity contribution in [2.75, 3.05) is 18.4 Å². The van der Waals surface area contributed by atoms with Crippen LogP contribution in [0, 0.1) is 19.8 Å². The van der Waals surface area contributed by atoms with Gasteiger partial charge in [0.1, 0.15) is 11.4 Å². The molecule has 0 bridgehead atoms. The number of hydrogen-bond acceptors (Lipinski definition) is 4. The highest BCUT2D eigenvalue weighted by atomic mass is 16.2. The molecule has 7 heteroatoms. The fourth-order valence-electron chi connectivity index (χ4n) is 3.78. The van der Waals surface area contributed by atoms with Crippen LogP contribution in [0.3, 0.4) is 0 Å². The van der Waals surface area contributed by atoms with Crippen LogP contribution >= 0.6 is 0 Å². The van der Waals surface area contributed by atoms with Crippen LogP contribution in [0.15, 0.2) is 48.7 Å². The molecule has 4 rings (SSSR count). The standard InChI is InChI=1S/C23H25N5O2/c1-15-6-7-18(16(2)13-15)25-22(29)17-8-11-28(12-9-17)23(30)21-14-20(26-27-21)19-5-3-4-10-24-19/h3-7,10,13-14,17H,8-9,11-12H2,1-2H3,(H,25,29)(H,26,27). The van der Waals surface area contributed by atoms with E-state index in [1.165, 1.54) is 5.56 Å². The van der Waals surface area contributed by atoms with E-state index in [9.17, 15) is 9.59 Å². The van der Waals surface area contributed by atoms with Gasteiger partial charge in [-0.1, -0.05) is 23.8 Å². The van der Waals surface area contributed by atoms with E-state index in [0.29, 0.717) is 37.3 Å². The lowest BCUT2D eigenvalue weighted by atomic mass is 9.95. The molecule has 0 unspecified atom stereocenters. The summed E-state index contributed by atoms with van der Waals surface area (Å²) in [6.45, 7) is 5.11. The van der Waals surface area contributed by atoms with Crippen LogP contribution in [0.4, 0.5) is 5.69 Å². The Hall–Kier alpha value is -3.48. The summed E-state index contributed by atoms with van der Waals surface area (Å²) in [5.74, 6) is -0.174. The van der Waals surface area contributed by atoms with Gasteiger partial charge in [0.2, 0.25) is 5.91 Å². The summed E-state index contributed by atoms with van der Waals surface area (Å²) in [7, 11) is 0. The van der Waals surface area contributed by atoms with E-state index in [0.717, 1.165) is 16.9 Å². The maximum absolute atomic E-state index is 12.8. The Labute approximate surface area is 175 Å². The largest absolute Gasteiger partial charge is 0.337 e. The summed E-state index contributed by atoms with van der Waals surface area (Å²) in [5.41, 5.74) is 4.87. The predicted molar refractivity (Wildman–Crippen MR) is 115 cm³/mol. The molecule has 2 aromatic heterocycles. The van der Waals surface area contributed by atoms with E-state index in [1.54, 1.807) is 17.2 Å². The van der Waals surface area contributed by atoms with Gasteiger partial charge in [-0.25, -0.2) is 0 Å². The molecule has 1 fully saturated rings. The van der Waals surface area contributed by atoms with E-state index < -0.39 is 0 Å². The molecule has 2 amide bonds. The maximum Gasteiger partial charge on any atom is 0.271 e. The second-order valence-electron chi connectivity index (χ2n) is 7.76. The summed E-state index contributed by atoms with van der Waals surface area (Å²) in [6.07, 6.45) is 2.98. The molecule has 30 heavy (non-hydrogen) atoms. The summed E-state index contributed by atoms with van der Waals surface area (Å²) in [5, 5.41) is 10.1. The number of nitrogens with one attached hydrogen (secondary N) is 2. The number of carbonyl (C=O) groups excluding carboxylic acids is 2. The lowest BCUT2D eigenvalue weighted by Crippen LogP contribution is -2.41. The second kappa shape index (κ2) is 8.49. The highest BCUT2D eigenvalue weighted by Gasteiger charge is 2.29. The number of anilines is 1. The number of aromatic amines is 1. The fraction of sp³-hybridized carbons (Fsp3) is 0.304. The molecular formula is C23H25N5O2.